The molecule has 0 unspecified atom stereocenters. The second kappa shape index (κ2) is 6.86. The fourth-order valence-corrected chi connectivity index (χ4v) is 2.73. The van der Waals surface area contributed by atoms with Gasteiger partial charge in [-0.1, -0.05) is 0 Å². The average Bonchev–Trinajstić information content (AvgIpc) is 3.21. The van der Waals surface area contributed by atoms with E-state index in [9.17, 15) is 19.7 Å². The average molecular weight is 332 g/mol. The van der Waals surface area contributed by atoms with Gasteiger partial charge in [0.05, 0.1) is 11.5 Å². The molecule has 1 aliphatic carbocycles. The number of amides is 2. The first-order chi connectivity index (χ1) is 11.5. The summed E-state index contributed by atoms with van der Waals surface area (Å²) in [6.07, 6.45) is 3.97. The minimum atomic E-state index is -0.503. The molecular formula is C16H20N4O4. The van der Waals surface area contributed by atoms with Crippen molar-refractivity contribution >= 4 is 23.2 Å². The van der Waals surface area contributed by atoms with Crippen LogP contribution < -0.4 is 10.6 Å². The van der Waals surface area contributed by atoms with Gasteiger partial charge in [0.15, 0.2) is 0 Å². The number of nitro groups is 1. The van der Waals surface area contributed by atoms with E-state index < -0.39 is 10.8 Å². The molecule has 128 valence electrons. The standard InChI is InChI=1S/C16H20N4O4/c21-15(19-7-1-2-8-19)10-17-16(22)11-3-6-13(18-12-4-5-12)14(9-11)20(23)24/h3,6,9,12,18H,1-2,4-5,7-8,10H2,(H,17,22). The van der Waals surface area contributed by atoms with Gasteiger partial charge in [0, 0.05) is 30.8 Å². The summed E-state index contributed by atoms with van der Waals surface area (Å²) in [6.45, 7) is 1.36. The maximum absolute atomic E-state index is 12.2. The number of hydrogen-bond donors (Lipinski definition) is 2. The third-order valence-electron chi connectivity index (χ3n) is 4.25. The molecule has 8 heteroatoms. The van der Waals surface area contributed by atoms with Crippen molar-refractivity contribution in [1.82, 2.24) is 10.2 Å². The van der Waals surface area contributed by atoms with E-state index in [1.165, 1.54) is 12.1 Å². The number of likely N-dealkylation sites (tertiary alicyclic amines) is 1. The highest BCUT2D eigenvalue weighted by Crippen LogP contribution is 2.31. The van der Waals surface area contributed by atoms with Crippen molar-refractivity contribution in [3.8, 4) is 0 Å². The molecule has 2 aliphatic rings. The predicted octanol–water partition coefficient (Wildman–Crippen LogP) is 1.52. The maximum Gasteiger partial charge on any atom is 0.293 e. The first-order valence-corrected chi connectivity index (χ1v) is 8.15. The number of carbonyl (C=O) groups excluding carboxylic acids is 2. The Morgan fingerprint density at radius 1 is 1.25 bits per heavy atom. The lowest BCUT2D eigenvalue weighted by Crippen LogP contribution is -2.38. The third kappa shape index (κ3) is 3.81. The minimum absolute atomic E-state index is 0.0886. The van der Waals surface area contributed by atoms with Crippen LogP contribution in [0.25, 0.3) is 0 Å². The Morgan fingerprint density at radius 2 is 1.96 bits per heavy atom. The molecule has 1 aromatic carbocycles. The molecular weight excluding hydrogens is 312 g/mol. The molecule has 0 bridgehead atoms. The zero-order valence-corrected chi connectivity index (χ0v) is 13.3. The summed E-state index contributed by atoms with van der Waals surface area (Å²) in [5.41, 5.74) is 0.477. The molecule has 1 heterocycles. The van der Waals surface area contributed by atoms with E-state index in [2.05, 4.69) is 10.6 Å². The number of anilines is 1. The Bertz CT molecular complexity index is 666. The van der Waals surface area contributed by atoms with Crippen LogP contribution in [0.2, 0.25) is 0 Å². The summed E-state index contributed by atoms with van der Waals surface area (Å²) < 4.78 is 0. The predicted molar refractivity (Wildman–Crippen MR) is 87.9 cm³/mol. The lowest BCUT2D eigenvalue weighted by atomic mass is 10.1. The van der Waals surface area contributed by atoms with Crippen LogP contribution in [0.1, 0.15) is 36.0 Å². The van der Waals surface area contributed by atoms with Gasteiger partial charge in [-0.3, -0.25) is 19.7 Å². The zero-order chi connectivity index (χ0) is 17.1. The minimum Gasteiger partial charge on any atom is -0.377 e. The van der Waals surface area contributed by atoms with E-state index in [0.29, 0.717) is 5.69 Å². The number of benzene rings is 1. The molecule has 1 aliphatic heterocycles. The van der Waals surface area contributed by atoms with Gasteiger partial charge in [0.1, 0.15) is 5.69 Å². The first-order valence-electron chi connectivity index (χ1n) is 8.15. The number of nitrogens with one attached hydrogen (secondary N) is 2. The molecule has 8 nitrogen and oxygen atoms in total. The van der Waals surface area contributed by atoms with E-state index in [-0.39, 0.29) is 29.7 Å². The van der Waals surface area contributed by atoms with Gasteiger partial charge in [-0.15, -0.1) is 0 Å². The second-order valence-electron chi connectivity index (χ2n) is 6.18. The highest BCUT2D eigenvalue weighted by atomic mass is 16.6. The molecule has 1 aromatic rings. The van der Waals surface area contributed by atoms with Crippen molar-refractivity contribution in [2.45, 2.75) is 31.7 Å². The molecule has 0 aromatic heterocycles. The monoisotopic (exact) mass is 332 g/mol. The topological polar surface area (TPSA) is 105 Å². The van der Waals surface area contributed by atoms with Crippen LogP contribution in [-0.4, -0.2) is 47.3 Å². The van der Waals surface area contributed by atoms with E-state index >= 15 is 0 Å². The SMILES string of the molecule is O=C(NCC(=O)N1CCCC1)c1ccc(NC2CC2)c([N+](=O)[O-])c1. The quantitative estimate of drug-likeness (QED) is 0.607. The lowest BCUT2D eigenvalue weighted by Gasteiger charge is -2.15. The molecule has 1 saturated carbocycles. The number of nitro benzene ring substituents is 1. The zero-order valence-electron chi connectivity index (χ0n) is 13.3. The van der Waals surface area contributed by atoms with Gasteiger partial charge in [-0.2, -0.15) is 0 Å². The summed E-state index contributed by atoms with van der Waals surface area (Å²) in [6, 6.07) is 4.61. The fourth-order valence-electron chi connectivity index (χ4n) is 2.73. The van der Waals surface area contributed by atoms with E-state index in [4.69, 9.17) is 0 Å². The smallest absolute Gasteiger partial charge is 0.293 e. The third-order valence-corrected chi connectivity index (χ3v) is 4.25. The first kappa shape index (κ1) is 16.2. The molecule has 24 heavy (non-hydrogen) atoms. The molecule has 0 radical (unpaired) electrons. The summed E-state index contributed by atoms with van der Waals surface area (Å²) in [4.78, 5) is 36.5. The van der Waals surface area contributed by atoms with Gasteiger partial charge in [-0.25, -0.2) is 0 Å². The van der Waals surface area contributed by atoms with Crippen LogP contribution in [-0.2, 0) is 4.79 Å². The van der Waals surface area contributed by atoms with Crippen molar-refractivity contribution in [3.05, 3.63) is 33.9 Å². The van der Waals surface area contributed by atoms with E-state index in [1.54, 1.807) is 11.0 Å². The Kier molecular flexibility index (Phi) is 4.64. The summed E-state index contributed by atoms with van der Waals surface area (Å²) in [5, 5.41) is 16.8. The molecule has 2 amide bonds. The Balaban J connectivity index is 1.64. The van der Waals surface area contributed by atoms with Gasteiger partial charge in [0.2, 0.25) is 5.91 Å². The molecule has 0 spiro atoms. The second-order valence-corrected chi connectivity index (χ2v) is 6.18. The molecule has 1 saturated heterocycles. The van der Waals surface area contributed by atoms with Crippen molar-refractivity contribution in [3.63, 3.8) is 0 Å². The van der Waals surface area contributed by atoms with Crippen molar-refractivity contribution in [2.75, 3.05) is 25.0 Å². The van der Waals surface area contributed by atoms with Crippen LogP contribution in [0.5, 0.6) is 0 Å². The van der Waals surface area contributed by atoms with Crippen LogP contribution >= 0.6 is 0 Å². The van der Waals surface area contributed by atoms with Gasteiger partial charge in [0.25, 0.3) is 11.6 Å². The van der Waals surface area contributed by atoms with Crippen molar-refractivity contribution in [1.29, 1.82) is 0 Å². The molecule has 3 rings (SSSR count). The number of hydrogen-bond acceptors (Lipinski definition) is 5. The Morgan fingerprint density at radius 3 is 2.58 bits per heavy atom. The van der Waals surface area contributed by atoms with Crippen LogP contribution in [0.3, 0.4) is 0 Å². The number of nitrogens with zero attached hydrogens (tertiary/aromatic N) is 2. The molecule has 0 atom stereocenters. The number of carbonyl (C=O) groups is 2. The summed E-state index contributed by atoms with van der Waals surface area (Å²) in [5.74, 6) is -0.606. The molecule has 2 N–H and O–H groups in total. The number of rotatable bonds is 6. The lowest BCUT2D eigenvalue weighted by molar-refractivity contribution is -0.384. The van der Waals surface area contributed by atoms with E-state index in [0.717, 1.165) is 38.8 Å². The maximum atomic E-state index is 12.2. The van der Waals surface area contributed by atoms with Crippen LogP contribution in [0.15, 0.2) is 18.2 Å². The van der Waals surface area contributed by atoms with E-state index in [1.807, 2.05) is 0 Å². The van der Waals surface area contributed by atoms with Gasteiger partial charge in [-0.05, 0) is 37.8 Å². The molecule has 2 fully saturated rings. The Labute approximate surface area is 139 Å². The van der Waals surface area contributed by atoms with Crippen molar-refractivity contribution < 1.29 is 14.5 Å². The van der Waals surface area contributed by atoms with Crippen LogP contribution in [0, 0.1) is 10.1 Å². The highest BCUT2D eigenvalue weighted by molar-refractivity contribution is 5.97. The summed E-state index contributed by atoms with van der Waals surface area (Å²) in [7, 11) is 0. The fraction of sp³-hybridized carbons (Fsp3) is 0.500. The van der Waals surface area contributed by atoms with Gasteiger partial charge >= 0.3 is 0 Å². The largest absolute Gasteiger partial charge is 0.377 e. The summed E-state index contributed by atoms with van der Waals surface area (Å²) >= 11 is 0. The van der Waals surface area contributed by atoms with Crippen LogP contribution in [0.4, 0.5) is 11.4 Å². The normalized spacial score (nSPS) is 16.8. The highest BCUT2D eigenvalue weighted by Gasteiger charge is 2.26. The van der Waals surface area contributed by atoms with Crippen molar-refractivity contribution in [2.24, 2.45) is 0 Å². The Hall–Kier alpha value is -2.64. The van der Waals surface area contributed by atoms with Gasteiger partial charge < -0.3 is 15.5 Å².